The van der Waals surface area contributed by atoms with Crippen LogP contribution in [0.2, 0.25) is 0 Å². The first-order chi connectivity index (χ1) is 16.0. The van der Waals surface area contributed by atoms with E-state index in [0.717, 1.165) is 12.8 Å². The molecule has 0 radical (unpaired) electrons. The third-order valence-corrected chi connectivity index (χ3v) is 5.83. The molecule has 1 saturated heterocycles. The van der Waals surface area contributed by atoms with Crippen molar-refractivity contribution in [1.29, 1.82) is 0 Å². The molecule has 0 bridgehead atoms. The van der Waals surface area contributed by atoms with Gasteiger partial charge in [-0.05, 0) is 42.3 Å². The molecule has 1 N–H and O–H groups in total. The van der Waals surface area contributed by atoms with Crippen molar-refractivity contribution in [3.8, 4) is 23.0 Å². The highest BCUT2D eigenvalue weighted by Crippen LogP contribution is 2.43. The molecule has 0 aliphatic carbocycles. The van der Waals surface area contributed by atoms with Crippen LogP contribution in [-0.4, -0.2) is 55.7 Å². The summed E-state index contributed by atoms with van der Waals surface area (Å²) in [5.41, 5.74) is 1.04. The van der Waals surface area contributed by atoms with E-state index in [4.69, 9.17) is 18.9 Å². The zero-order valence-electron chi connectivity index (χ0n) is 18.9. The van der Waals surface area contributed by atoms with Crippen molar-refractivity contribution in [1.82, 2.24) is 4.90 Å². The fourth-order valence-electron chi connectivity index (χ4n) is 4.15. The van der Waals surface area contributed by atoms with E-state index >= 15 is 0 Å². The first-order valence-corrected chi connectivity index (χ1v) is 10.9. The Bertz CT molecular complexity index is 1110. The molecular formula is C25H27NO7. The molecule has 1 amide bonds. The minimum atomic E-state index is -0.760. The van der Waals surface area contributed by atoms with Crippen molar-refractivity contribution in [2.45, 2.75) is 25.8 Å². The van der Waals surface area contributed by atoms with Gasteiger partial charge < -0.3 is 29.0 Å². The molecule has 2 aromatic carbocycles. The number of carbonyl (C=O) groups excluding carboxylic acids is 2. The molecule has 0 spiro atoms. The van der Waals surface area contributed by atoms with E-state index in [1.165, 1.54) is 19.1 Å². The van der Waals surface area contributed by atoms with Gasteiger partial charge >= 0.3 is 0 Å². The SMILES string of the molecule is CCCCN1C(=O)C(=O)/C(=C(/O)c2ccc3c(c2)OCCO3)C1c1ccc(OC)c(OC)c1. The molecule has 2 aliphatic rings. The minimum Gasteiger partial charge on any atom is -0.507 e. The highest BCUT2D eigenvalue weighted by molar-refractivity contribution is 6.46. The van der Waals surface area contributed by atoms with E-state index in [0.29, 0.717) is 53.9 Å². The van der Waals surface area contributed by atoms with Crippen molar-refractivity contribution < 1.29 is 33.6 Å². The molecule has 2 aliphatic heterocycles. The fraction of sp³-hybridized carbons (Fsp3) is 0.360. The summed E-state index contributed by atoms with van der Waals surface area (Å²) in [6.45, 7) is 3.24. The summed E-state index contributed by atoms with van der Waals surface area (Å²) < 4.78 is 21.9. The fourth-order valence-corrected chi connectivity index (χ4v) is 4.15. The number of rotatable bonds is 7. The number of aliphatic hydroxyl groups is 1. The molecule has 8 nitrogen and oxygen atoms in total. The van der Waals surface area contributed by atoms with Gasteiger partial charge in [0.05, 0.1) is 25.8 Å². The number of amides is 1. The molecular weight excluding hydrogens is 426 g/mol. The van der Waals surface area contributed by atoms with Crippen LogP contribution >= 0.6 is 0 Å². The predicted molar refractivity (Wildman–Crippen MR) is 121 cm³/mol. The van der Waals surface area contributed by atoms with Gasteiger partial charge in [0.25, 0.3) is 11.7 Å². The molecule has 33 heavy (non-hydrogen) atoms. The maximum absolute atomic E-state index is 13.1. The van der Waals surface area contributed by atoms with Gasteiger partial charge in [0.1, 0.15) is 19.0 Å². The number of fused-ring (bicyclic) bond motifs is 1. The van der Waals surface area contributed by atoms with Crippen molar-refractivity contribution >= 4 is 17.4 Å². The second kappa shape index (κ2) is 9.44. The Hall–Kier alpha value is -3.68. The van der Waals surface area contributed by atoms with Crippen LogP contribution in [0, 0.1) is 0 Å². The zero-order chi connectivity index (χ0) is 23.5. The van der Waals surface area contributed by atoms with Crippen LogP contribution in [0.15, 0.2) is 42.0 Å². The lowest BCUT2D eigenvalue weighted by Gasteiger charge is -2.26. The van der Waals surface area contributed by atoms with Gasteiger partial charge in [-0.2, -0.15) is 0 Å². The highest BCUT2D eigenvalue weighted by atomic mass is 16.6. The Morgan fingerprint density at radius 3 is 2.45 bits per heavy atom. The third-order valence-electron chi connectivity index (χ3n) is 5.83. The molecule has 1 atom stereocenters. The molecule has 0 aromatic heterocycles. The monoisotopic (exact) mass is 453 g/mol. The Balaban J connectivity index is 1.85. The lowest BCUT2D eigenvalue weighted by molar-refractivity contribution is -0.139. The predicted octanol–water partition coefficient (Wildman–Crippen LogP) is 3.70. The third kappa shape index (κ3) is 4.08. The number of Topliss-reactive ketones (excluding diaryl/α,β-unsaturated/α-hetero) is 1. The Morgan fingerprint density at radius 2 is 1.76 bits per heavy atom. The van der Waals surface area contributed by atoms with Gasteiger partial charge in [0.15, 0.2) is 23.0 Å². The summed E-state index contributed by atoms with van der Waals surface area (Å²) in [4.78, 5) is 27.6. The number of ether oxygens (including phenoxy) is 4. The standard InChI is InChI=1S/C25H27NO7/c1-4-5-10-26-22(15-6-8-17(30-2)19(13-15)31-3)21(24(28)25(26)29)23(27)16-7-9-18-20(14-16)33-12-11-32-18/h6-9,13-14,22,27H,4-5,10-12H2,1-3H3/b23-21+. The van der Waals surface area contributed by atoms with E-state index in [1.54, 1.807) is 36.4 Å². The van der Waals surface area contributed by atoms with Crippen molar-refractivity contribution in [3.63, 3.8) is 0 Å². The first-order valence-electron chi connectivity index (χ1n) is 10.9. The maximum atomic E-state index is 13.1. The second-order valence-corrected chi connectivity index (χ2v) is 7.82. The number of nitrogens with zero attached hydrogens (tertiary/aromatic N) is 1. The Kier molecular flexibility index (Phi) is 6.44. The number of benzene rings is 2. The lowest BCUT2D eigenvalue weighted by atomic mass is 9.94. The summed E-state index contributed by atoms with van der Waals surface area (Å²) in [6.07, 6.45) is 1.57. The molecule has 1 unspecified atom stereocenters. The van der Waals surface area contributed by atoms with Crippen LogP contribution in [0.3, 0.4) is 0 Å². The highest BCUT2D eigenvalue weighted by Gasteiger charge is 2.46. The van der Waals surface area contributed by atoms with Crippen LogP contribution in [0.5, 0.6) is 23.0 Å². The lowest BCUT2D eigenvalue weighted by Crippen LogP contribution is -2.30. The number of hydrogen-bond donors (Lipinski definition) is 1. The Labute approximate surface area is 192 Å². The number of ketones is 1. The zero-order valence-corrected chi connectivity index (χ0v) is 18.9. The number of unbranched alkanes of at least 4 members (excludes halogenated alkanes) is 1. The van der Waals surface area contributed by atoms with Crippen molar-refractivity contribution in [2.24, 2.45) is 0 Å². The van der Waals surface area contributed by atoms with E-state index in [9.17, 15) is 14.7 Å². The summed E-state index contributed by atoms with van der Waals surface area (Å²) in [5.74, 6) is 0.421. The molecule has 1 fully saturated rings. The number of carbonyl (C=O) groups is 2. The molecule has 174 valence electrons. The molecule has 2 heterocycles. The van der Waals surface area contributed by atoms with Gasteiger partial charge in [-0.1, -0.05) is 19.4 Å². The minimum absolute atomic E-state index is 0.0278. The number of methoxy groups -OCH3 is 2. The molecule has 0 saturated carbocycles. The Morgan fingerprint density at radius 1 is 1.03 bits per heavy atom. The number of aliphatic hydroxyl groups excluding tert-OH is 1. The van der Waals surface area contributed by atoms with Gasteiger partial charge in [0.2, 0.25) is 0 Å². The van der Waals surface area contributed by atoms with Crippen LogP contribution in [0.1, 0.15) is 36.9 Å². The largest absolute Gasteiger partial charge is 0.507 e. The normalized spacial score (nSPS) is 19.0. The van der Waals surface area contributed by atoms with Gasteiger partial charge in [-0.15, -0.1) is 0 Å². The quantitative estimate of drug-likeness (QED) is 0.388. The number of likely N-dealkylation sites (tertiary alicyclic amines) is 1. The van der Waals surface area contributed by atoms with E-state index < -0.39 is 17.7 Å². The summed E-state index contributed by atoms with van der Waals surface area (Å²) in [7, 11) is 3.05. The number of hydrogen-bond acceptors (Lipinski definition) is 7. The van der Waals surface area contributed by atoms with Crippen LogP contribution in [0.4, 0.5) is 0 Å². The summed E-state index contributed by atoms with van der Waals surface area (Å²) in [5, 5.41) is 11.2. The van der Waals surface area contributed by atoms with Gasteiger partial charge in [-0.25, -0.2) is 0 Å². The van der Waals surface area contributed by atoms with E-state index in [-0.39, 0.29) is 11.3 Å². The van der Waals surface area contributed by atoms with Crippen LogP contribution in [0.25, 0.3) is 5.76 Å². The van der Waals surface area contributed by atoms with Gasteiger partial charge in [-0.3, -0.25) is 9.59 Å². The smallest absolute Gasteiger partial charge is 0.295 e. The summed E-state index contributed by atoms with van der Waals surface area (Å²) in [6, 6.07) is 9.41. The van der Waals surface area contributed by atoms with E-state index in [2.05, 4.69) is 0 Å². The van der Waals surface area contributed by atoms with Gasteiger partial charge in [0, 0.05) is 12.1 Å². The van der Waals surface area contributed by atoms with Crippen molar-refractivity contribution in [2.75, 3.05) is 34.0 Å². The second-order valence-electron chi connectivity index (χ2n) is 7.82. The maximum Gasteiger partial charge on any atom is 0.295 e. The topological polar surface area (TPSA) is 94.5 Å². The van der Waals surface area contributed by atoms with E-state index in [1.807, 2.05) is 6.92 Å². The average molecular weight is 453 g/mol. The molecule has 8 heteroatoms. The first kappa shape index (κ1) is 22.5. The summed E-state index contributed by atoms with van der Waals surface area (Å²) >= 11 is 0. The van der Waals surface area contributed by atoms with Crippen LogP contribution < -0.4 is 18.9 Å². The average Bonchev–Trinajstić information content (AvgIpc) is 3.11. The van der Waals surface area contributed by atoms with Crippen LogP contribution in [-0.2, 0) is 9.59 Å². The molecule has 4 rings (SSSR count). The molecule has 2 aromatic rings. The van der Waals surface area contributed by atoms with Crippen molar-refractivity contribution in [3.05, 3.63) is 53.1 Å².